The van der Waals surface area contributed by atoms with Gasteiger partial charge in [0.25, 0.3) is 0 Å². The second-order valence-corrected chi connectivity index (χ2v) is 8.57. The molecule has 0 heterocycles. The van der Waals surface area contributed by atoms with Gasteiger partial charge in [-0.1, -0.05) is 86.3 Å². The molecule has 2 saturated carbocycles. The average molecular weight is 411 g/mol. The Morgan fingerprint density at radius 1 is 0.567 bits per heavy atom. The summed E-state index contributed by atoms with van der Waals surface area (Å²) in [5, 5.41) is 0. The first-order chi connectivity index (χ1) is 14.7. The molecule has 4 N–H and O–H groups in total. The smallest absolute Gasteiger partial charge is 0.0730 e. The third kappa shape index (κ3) is 7.84. The summed E-state index contributed by atoms with van der Waals surface area (Å²) in [6.45, 7) is 1.39. The van der Waals surface area contributed by atoms with Crippen LogP contribution in [0.3, 0.4) is 0 Å². The van der Waals surface area contributed by atoms with E-state index in [1.165, 1.54) is 36.8 Å². The lowest BCUT2D eigenvalue weighted by Gasteiger charge is -2.28. The van der Waals surface area contributed by atoms with Gasteiger partial charge < -0.3 is 20.9 Å². The number of nitrogens with two attached hydrogens (primary N) is 2. The van der Waals surface area contributed by atoms with Gasteiger partial charge in [0.1, 0.15) is 0 Å². The van der Waals surface area contributed by atoms with E-state index in [0.29, 0.717) is 13.2 Å². The van der Waals surface area contributed by atoms with Crippen LogP contribution < -0.4 is 11.5 Å². The maximum Gasteiger partial charge on any atom is 0.0730 e. The summed E-state index contributed by atoms with van der Waals surface area (Å²) >= 11 is 0. The van der Waals surface area contributed by atoms with E-state index < -0.39 is 0 Å². The van der Waals surface area contributed by atoms with Crippen molar-refractivity contribution in [2.24, 2.45) is 11.5 Å². The Balaban J connectivity index is 0.000000171. The van der Waals surface area contributed by atoms with Gasteiger partial charge >= 0.3 is 0 Å². The van der Waals surface area contributed by atoms with E-state index in [-0.39, 0.29) is 24.3 Å². The van der Waals surface area contributed by atoms with Crippen molar-refractivity contribution >= 4 is 0 Å². The molecule has 2 aliphatic rings. The molecule has 164 valence electrons. The minimum absolute atomic E-state index is 0.238. The third-order valence-corrected chi connectivity index (χ3v) is 6.12. The van der Waals surface area contributed by atoms with Gasteiger partial charge in [-0.05, 0) is 36.8 Å². The van der Waals surface area contributed by atoms with Crippen LogP contribution in [0.1, 0.15) is 62.5 Å². The van der Waals surface area contributed by atoms with Crippen molar-refractivity contribution < 1.29 is 9.47 Å². The number of hydrogen-bond acceptors (Lipinski definition) is 4. The predicted molar refractivity (Wildman–Crippen MR) is 123 cm³/mol. The highest BCUT2D eigenvalue weighted by Crippen LogP contribution is 2.21. The van der Waals surface area contributed by atoms with E-state index in [1.807, 2.05) is 36.4 Å². The Morgan fingerprint density at radius 2 is 0.933 bits per heavy atom. The molecule has 2 aromatic rings. The number of rotatable bonds is 6. The monoisotopic (exact) mass is 410 g/mol. The average Bonchev–Trinajstić information content (AvgIpc) is 2.80. The van der Waals surface area contributed by atoms with Gasteiger partial charge in [0.05, 0.1) is 25.4 Å². The van der Waals surface area contributed by atoms with Gasteiger partial charge in [-0.15, -0.1) is 0 Å². The molecular weight excluding hydrogens is 372 g/mol. The van der Waals surface area contributed by atoms with Crippen LogP contribution in [0.5, 0.6) is 0 Å². The zero-order chi connectivity index (χ0) is 21.0. The zero-order valence-electron chi connectivity index (χ0n) is 18.1. The molecular formula is C26H38N2O2. The Morgan fingerprint density at radius 3 is 1.30 bits per heavy atom. The van der Waals surface area contributed by atoms with Gasteiger partial charge in [0.2, 0.25) is 0 Å². The molecule has 0 spiro atoms. The first-order valence-corrected chi connectivity index (χ1v) is 11.5. The van der Waals surface area contributed by atoms with Gasteiger partial charge in [0.15, 0.2) is 0 Å². The van der Waals surface area contributed by atoms with Crippen molar-refractivity contribution in [2.45, 2.75) is 88.9 Å². The number of ether oxygens (including phenoxy) is 2. The predicted octanol–water partition coefficient (Wildman–Crippen LogP) is 4.95. The van der Waals surface area contributed by atoms with E-state index in [2.05, 4.69) is 24.3 Å². The molecule has 0 radical (unpaired) electrons. The van der Waals surface area contributed by atoms with Crippen molar-refractivity contribution in [3.05, 3.63) is 71.8 Å². The molecule has 2 aromatic carbocycles. The lowest BCUT2D eigenvalue weighted by Crippen LogP contribution is -2.39. The van der Waals surface area contributed by atoms with E-state index in [0.717, 1.165) is 25.7 Å². The highest BCUT2D eigenvalue weighted by Gasteiger charge is 2.22. The molecule has 4 nitrogen and oxygen atoms in total. The quantitative estimate of drug-likeness (QED) is 0.707. The van der Waals surface area contributed by atoms with Crippen LogP contribution in [0.25, 0.3) is 0 Å². The Kier molecular flexibility index (Phi) is 9.84. The summed E-state index contributed by atoms with van der Waals surface area (Å²) in [7, 11) is 0. The maximum absolute atomic E-state index is 6.02. The van der Waals surface area contributed by atoms with Crippen molar-refractivity contribution in [2.75, 3.05) is 0 Å². The summed E-state index contributed by atoms with van der Waals surface area (Å²) in [5.41, 5.74) is 14.5. The van der Waals surface area contributed by atoms with Gasteiger partial charge in [-0.2, -0.15) is 0 Å². The topological polar surface area (TPSA) is 70.5 Å². The largest absolute Gasteiger partial charge is 0.372 e. The maximum atomic E-state index is 6.02. The van der Waals surface area contributed by atoms with Crippen molar-refractivity contribution in [3.8, 4) is 0 Å². The summed E-state index contributed by atoms with van der Waals surface area (Å²) in [4.78, 5) is 0. The molecule has 2 fully saturated rings. The Bertz CT molecular complexity index is 633. The Labute approximate surface area is 181 Å². The highest BCUT2D eigenvalue weighted by molar-refractivity contribution is 5.14. The second-order valence-electron chi connectivity index (χ2n) is 8.57. The van der Waals surface area contributed by atoms with Gasteiger partial charge in [0, 0.05) is 12.1 Å². The Hall–Kier alpha value is -1.72. The normalized spacial score (nSPS) is 26.5. The zero-order valence-corrected chi connectivity index (χ0v) is 18.1. The van der Waals surface area contributed by atoms with Gasteiger partial charge in [-0.25, -0.2) is 0 Å². The summed E-state index contributed by atoms with van der Waals surface area (Å²) in [5.74, 6) is 0. The third-order valence-electron chi connectivity index (χ3n) is 6.12. The summed E-state index contributed by atoms with van der Waals surface area (Å²) in [6, 6.07) is 21.1. The molecule has 0 bridgehead atoms. The molecule has 0 amide bonds. The minimum Gasteiger partial charge on any atom is -0.372 e. The SMILES string of the molecule is N[C@@H]1CCCC[C@H]1OCc1ccccc1.N[C@H]1CCCC[C@@H]1OCc1ccccc1. The van der Waals surface area contributed by atoms with E-state index in [4.69, 9.17) is 20.9 Å². The fourth-order valence-corrected chi connectivity index (χ4v) is 4.22. The van der Waals surface area contributed by atoms with Crippen LogP contribution in [-0.2, 0) is 22.7 Å². The minimum atomic E-state index is 0.238. The number of hydrogen-bond donors (Lipinski definition) is 2. The van der Waals surface area contributed by atoms with Crippen LogP contribution in [0, 0.1) is 0 Å². The molecule has 4 heteroatoms. The highest BCUT2D eigenvalue weighted by atomic mass is 16.5. The van der Waals surface area contributed by atoms with Crippen molar-refractivity contribution in [3.63, 3.8) is 0 Å². The van der Waals surface area contributed by atoms with Crippen molar-refractivity contribution in [1.82, 2.24) is 0 Å². The van der Waals surface area contributed by atoms with Crippen LogP contribution in [0.4, 0.5) is 0 Å². The lowest BCUT2D eigenvalue weighted by molar-refractivity contribution is 0.00400. The number of benzene rings is 2. The van der Waals surface area contributed by atoms with Crippen LogP contribution in [-0.4, -0.2) is 24.3 Å². The lowest BCUT2D eigenvalue weighted by atomic mass is 9.93. The fraction of sp³-hybridized carbons (Fsp3) is 0.538. The molecule has 0 aromatic heterocycles. The van der Waals surface area contributed by atoms with E-state index in [9.17, 15) is 0 Å². The molecule has 0 saturated heterocycles. The van der Waals surface area contributed by atoms with Crippen LogP contribution in [0.15, 0.2) is 60.7 Å². The summed E-state index contributed by atoms with van der Waals surface area (Å²) < 4.78 is 11.7. The van der Waals surface area contributed by atoms with E-state index >= 15 is 0 Å². The van der Waals surface area contributed by atoms with Crippen molar-refractivity contribution in [1.29, 1.82) is 0 Å². The first-order valence-electron chi connectivity index (χ1n) is 11.5. The fourth-order valence-electron chi connectivity index (χ4n) is 4.22. The standard InChI is InChI=1S/2C13H19NO/c2*14-12-8-4-5-9-13(12)15-10-11-6-2-1-3-7-11/h2*1-3,6-7,12-13H,4-5,8-10,14H2/t2*12-,13-/m10/s1. The molecule has 0 unspecified atom stereocenters. The van der Waals surface area contributed by atoms with Gasteiger partial charge in [-0.3, -0.25) is 0 Å². The van der Waals surface area contributed by atoms with E-state index in [1.54, 1.807) is 0 Å². The summed E-state index contributed by atoms with van der Waals surface area (Å²) in [6.07, 6.45) is 10.0. The van der Waals surface area contributed by atoms with Crippen LogP contribution >= 0.6 is 0 Å². The molecule has 30 heavy (non-hydrogen) atoms. The van der Waals surface area contributed by atoms with Crippen LogP contribution in [0.2, 0.25) is 0 Å². The first kappa shape index (κ1) is 23.0. The molecule has 4 atom stereocenters. The molecule has 0 aliphatic heterocycles. The molecule has 4 rings (SSSR count). The molecule has 2 aliphatic carbocycles. The second kappa shape index (κ2) is 12.9.